The number of rotatable bonds is 5. The number of hydrogen-bond donors (Lipinski definition) is 2. The van der Waals surface area contributed by atoms with Gasteiger partial charge in [-0.2, -0.15) is 0 Å². The van der Waals surface area contributed by atoms with Crippen molar-refractivity contribution in [2.75, 3.05) is 0 Å². The van der Waals surface area contributed by atoms with Gasteiger partial charge in [0.2, 0.25) is 15.8 Å². The first-order valence-electron chi connectivity index (χ1n) is 7.63. The lowest BCUT2D eigenvalue weighted by atomic mass is 10.1. The van der Waals surface area contributed by atoms with Gasteiger partial charge >= 0.3 is 5.97 Å². The minimum atomic E-state index is -3.77. The van der Waals surface area contributed by atoms with Gasteiger partial charge < -0.3 is 9.52 Å². The third-order valence-corrected chi connectivity index (χ3v) is 5.58. The number of nitrogens with one attached hydrogen (secondary N) is 1. The van der Waals surface area contributed by atoms with Crippen LogP contribution in [-0.2, 0) is 10.0 Å². The van der Waals surface area contributed by atoms with Gasteiger partial charge in [-0.15, -0.1) is 0 Å². The highest BCUT2D eigenvalue weighted by molar-refractivity contribution is 7.89. The third kappa shape index (κ3) is 3.29. The molecule has 6 nitrogen and oxygen atoms in total. The molecule has 0 aliphatic rings. The molecule has 2 aromatic carbocycles. The number of carboxylic acid groups (broad SMARTS) is 1. The summed E-state index contributed by atoms with van der Waals surface area (Å²) in [5.41, 5.74) is 1.58. The Morgan fingerprint density at radius 1 is 1.16 bits per heavy atom. The van der Waals surface area contributed by atoms with Crippen LogP contribution in [0.4, 0.5) is 0 Å². The van der Waals surface area contributed by atoms with Gasteiger partial charge in [0.05, 0.1) is 4.90 Å². The van der Waals surface area contributed by atoms with Crippen LogP contribution in [0.15, 0.2) is 57.8 Å². The van der Waals surface area contributed by atoms with Crippen LogP contribution < -0.4 is 4.72 Å². The molecule has 1 heterocycles. The van der Waals surface area contributed by atoms with E-state index in [0.717, 1.165) is 5.56 Å². The second kappa shape index (κ2) is 6.34. The molecule has 25 heavy (non-hydrogen) atoms. The van der Waals surface area contributed by atoms with Crippen molar-refractivity contribution in [2.45, 2.75) is 24.8 Å². The molecular formula is C18H17NO5S. The van der Waals surface area contributed by atoms with Gasteiger partial charge in [-0.3, -0.25) is 0 Å². The van der Waals surface area contributed by atoms with Crippen molar-refractivity contribution in [1.29, 1.82) is 0 Å². The summed E-state index contributed by atoms with van der Waals surface area (Å²) in [6.07, 6.45) is 0. The Morgan fingerprint density at radius 2 is 1.84 bits per heavy atom. The summed E-state index contributed by atoms with van der Waals surface area (Å²) in [4.78, 5) is 11.2. The number of carboxylic acids is 1. The molecule has 0 aliphatic carbocycles. The topological polar surface area (TPSA) is 96.6 Å². The average Bonchev–Trinajstić information content (AvgIpc) is 2.92. The second-order valence-electron chi connectivity index (χ2n) is 5.77. The Kier molecular flexibility index (Phi) is 4.36. The van der Waals surface area contributed by atoms with E-state index >= 15 is 0 Å². The van der Waals surface area contributed by atoms with Crippen LogP contribution in [-0.4, -0.2) is 19.5 Å². The number of sulfonamides is 1. The van der Waals surface area contributed by atoms with Gasteiger partial charge in [0.15, 0.2) is 0 Å². The van der Waals surface area contributed by atoms with E-state index in [4.69, 9.17) is 9.52 Å². The van der Waals surface area contributed by atoms with E-state index in [1.807, 2.05) is 30.3 Å². The molecule has 0 spiro atoms. The number of aromatic carboxylic acids is 1. The largest absolute Gasteiger partial charge is 0.475 e. The summed E-state index contributed by atoms with van der Waals surface area (Å²) < 4.78 is 33.2. The van der Waals surface area contributed by atoms with Crippen molar-refractivity contribution in [2.24, 2.45) is 0 Å². The highest BCUT2D eigenvalue weighted by Crippen LogP contribution is 2.28. The quantitative estimate of drug-likeness (QED) is 0.727. The summed E-state index contributed by atoms with van der Waals surface area (Å²) in [6.45, 7) is 3.35. The SMILES string of the molecule is Cc1c(C(=O)O)oc2ccc(S(=O)(=O)NC(C)c3ccccc3)cc12. The van der Waals surface area contributed by atoms with Crippen LogP contribution in [0.3, 0.4) is 0 Å². The number of benzene rings is 2. The summed E-state index contributed by atoms with van der Waals surface area (Å²) >= 11 is 0. The first-order valence-corrected chi connectivity index (χ1v) is 9.11. The first-order chi connectivity index (χ1) is 11.8. The van der Waals surface area contributed by atoms with Crippen molar-refractivity contribution >= 4 is 27.0 Å². The fourth-order valence-corrected chi connectivity index (χ4v) is 3.94. The maximum absolute atomic E-state index is 12.7. The molecule has 2 N–H and O–H groups in total. The number of fused-ring (bicyclic) bond motifs is 1. The van der Waals surface area contributed by atoms with Crippen LogP contribution in [0.2, 0.25) is 0 Å². The van der Waals surface area contributed by atoms with Gasteiger partial charge in [-0.1, -0.05) is 30.3 Å². The highest BCUT2D eigenvalue weighted by atomic mass is 32.2. The molecule has 3 rings (SSSR count). The number of aryl methyl sites for hydroxylation is 1. The van der Waals surface area contributed by atoms with Crippen molar-refractivity contribution in [1.82, 2.24) is 4.72 Å². The Bertz CT molecular complexity index is 1040. The predicted molar refractivity (Wildman–Crippen MR) is 93.1 cm³/mol. The van der Waals surface area contributed by atoms with E-state index in [0.29, 0.717) is 16.5 Å². The molecule has 7 heteroatoms. The molecule has 0 saturated carbocycles. The minimum absolute atomic E-state index is 0.0589. The van der Waals surface area contributed by atoms with Gasteiger partial charge in [0.25, 0.3) is 0 Å². The maximum Gasteiger partial charge on any atom is 0.372 e. The maximum atomic E-state index is 12.7. The molecule has 0 amide bonds. The highest BCUT2D eigenvalue weighted by Gasteiger charge is 2.22. The van der Waals surface area contributed by atoms with Crippen LogP contribution in [0, 0.1) is 6.92 Å². The Labute approximate surface area is 145 Å². The fourth-order valence-electron chi connectivity index (χ4n) is 2.68. The lowest BCUT2D eigenvalue weighted by Gasteiger charge is -2.14. The van der Waals surface area contributed by atoms with Crippen LogP contribution in [0.1, 0.15) is 34.6 Å². The molecule has 0 fully saturated rings. The molecule has 0 bridgehead atoms. The van der Waals surface area contributed by atoms with E-state index in [1.54, 1.807) is 13.8 Å². The van der Waals surface area contributed by atoms with Crippen molar-refractivity contribution in [3.8, 4) is 0 Å². The summed E-state index contributed by atoms with van der Waals surface area (Å²) in [5, 5.41) is 9.58. The molecule has 1 unspecified atom stereocenters. The summed E-state index contributed by atoms with van der Waals surface area (Å²) in [6, 6.07) is 13.1. The Balaban J connectivity index is 1.97. The number of furan rings is 1. The van der Waals surface area contributed by atoms with Gasteiger partial charge in [0, 0.05) is 17.0 Å². The van der Waals surface area contributed by atoms with Crippen LogP contribution >= 0.6 is 0 Å². The van der Waals surface area contributed by atoms with E-state index in [2.05, 4.69) is 4.72 Å². The summed E-state index contributed by atoms with van der Waals surface area (Å²) in [7, 11) is -3.77. The van der Waals surface area contributed by atoms with Gasteiger partial charge in [-0.05, 0) is 37.6 Å². The van der Waals surface area contributed by atoms with E-state index in [-0.39, 0.29) is 10.7 Å². The van der Waals surface area contributed by atoms with Gasteiger partial charge in [-0.25, -0.2) is 17.9 Å². The average molecular weight is 359 g/mol. The summed E-state index contributed by atoms with van der Waals surface area (Å²) in [5.74, 6) is -1.37. The lowest BCUT2D eigenvalue weighted by Crippen LogP contribution is -2.26. The predicted octanol–water partition coefficient (Wildman–Crippen LogP) is 3.48. The Hall–Kier alpha value is -2.64. The van der Waals surface area contributed by atoms with Crippen LogP contribution in [0.25, 0.3) is 11.0 Å². The van der Waals surface area contributed by atoms with Crippen molar-refractivity contribution in [3.05, 3.63) is 65.4 Å². The molecule has 3 aromatic rings. The zero-order valence-corrected chi connectivity index (χ0v) is 14.5. The molecule has 0 radical (unpaired) electrons. The standard InChI is InChI=1S/C18H17NO5S/c1-11-15-10-14(8-9-16(15)24-17(11)18(20)21)25(22,23)19-12(2)13-6-4-3-5-7-13/h3-10,12,19H,1-2H3,(H,20,21). The Morgan fingerprint density at radius 3 is 2.48 bits per heavy atom. The van der Waals surface area contributed by atoms with E-state index in [9.17, 15) is 13.2 Å². The lowest BCUT2D eigenvalue weighted by molar-refractivity contribution is 0.0664. The first kappa shape index (κ1) is 17.2. The zero-order valence-electron chi connectivity index (χ0n) is 13.7. The third-order valence-electron chi connectivity index (χ3n) is 4.04. The minimum Gasteiger partial charge on any atom is -0.475 e. The number of hydrogen-bond acceptors (Lipinski definition) is 4. The normalized spacial score (nSPS) is 13.0. The molecule has 1 atom stereocenters. The van der Waals surface area contributed by atoms with E-state index < -0.39 is 22.0 Å². The number of carbonyl (C=O) groups is 1. The van der Waals surface area contributed by atoms with Gasteiger partial charge in [0.1, 0.15) is 5.58 Å². The van der Waals surface area contributed by atoms with E-state index in [1.165, 1.54) is 18.2 Å². The molecule has 1 aromatic heterocycles. The molecule has 130 valence electrons. The molecular weight excluding hydrogens is 342 g/mol. The van der Waals surface area contributed by atoms with Crippen LogP contribution in [0.5, 0.6) is 0 Å². The molecule has 0 saturated heterocycles. The zero-order chi connectivity index (χ0) is 18.2. The smallest absolute Gasteiger partial charge is 0.372 e. The monoisotopic (exact) mass is 359 g/mol. The van der Waals surface area contributed by atoms with Crippen molar-refractivity contribution in [3.63, 3.8) is 0 Å². The fraction of sp³-hybridized carbons (Fsp3) is 0.167. The second-order valence-corrected chi connectivity index (χ2v) is 7.49. The molecule has 0 aliphatic heterocycles. The van der Waals surface area contributed by atoms with Crippen molar-refractivity contribution < 1.29 is 22.7 Å².